The van der Waals surface area contributed by atoms with Gasteiger partial charge in [0.2, 0.25) is 0 Å². The fraction of sp³-hybridized carbons (Fsp3) is 0.125. The highest BCUT2D eigenvalue weighted by Crippen LogP contribution is 2.31. The van der Waals surface area contributed by atoms with Gasteiger partial charge >= 0.3 is 0 Å². The molecule has 3 aromatic carbocycles. The molecule has 0 unspecified atom stereocenters. The lowest BCUT2D eigenvalue weighted by atomic mass is 9.90. The monoisotopic (exact) mass is 405 g/mol. The molecular weight excluding hydrogens is 386 g/mol. The molecule has 0 spiro atoms. The van der Waals surface area contributed by atoms with Crippen molar-refractivity contribution in [2.45, 2.75) is 17.7 Å². The van der Waals surface area contributed by atoms with E-state index >= 15 is 0 Å². The van der Waals surface area contributed by atoms with E-state index in [0.29, 0.717) is 10.6 Å². The summed E-state index contributed by atoms with van der Waals surface area (Å²) < 4.78 is 0. The third-order valence-corrected chi connectivity index (χ3v) is 5.99. The van der Waals surface area contributed by atoms with E-state index in [9.17, 15) is 4.79 Å². The van der Waals surface area contributed by atoms with Gasteiger partial charge in [0.25, 0.3) is 5.91 Å². The number of halogens is 1. The van der Waals surface area contributed by atoms with Crippen LogP contribution in [0.3, 0.4) is 0 Å². The second-order valence-corrected chi connectivity index (χ2v) is 7.98. The van der Waals surface area contributed by atoms with Crippen molar-refractivity contribution in [3.05, 3.63) is 88.5 Å². The molecule has 0 bridgehead atoms. The summed E-state index contributed by atoms with van der Waals surface area (Å²) in [4.78, 5) is 13.6. The van der Waals surface area contributed by atoms with E-state index in [1.165, 1.54) is 16.7 Å². The Morgan fingerprint density at radius 1 is 1.07 bits per heavy atom. The number of hydrogen-bond acceptors (Lipinski definition) is 2. The minimum Gasteiger partial charge on any atom is -0.322 e. The van der Waals surface area contributed by atoms with Crippen molar-refractivity contribution in [1.29, 1.82) is 0 Å². The first-order valence-electron chi connectivity index (χ1n) is 9.19. The van der Waals surface area contributed by atoms with Gasteiger partial charge in [0.05, 0.1) is 10.6 Å². The molecule has 0 saturated carbocycles. The molecule has 0 aliphatic heterocycles. The molecule has 0 radical (unpaired) electrons. The molecule has 28 heavy (non-hydrogen) atoms. The summed E-state index contributed by atoms with van der Waals surface area (Å²) in [6.07, 6.45) is 8.60. The Morgan fingerprint density at radius 3 is 2.68 bits per heavy atom. The van der Waals surface area contributed by atoms with Crippen molar-refractivity contribution >= 4 is 41.0 Å². The zero-order chi connectivity index (χ0) is 19.5. The minimum absolute atomic E-state index is 0.200. The molecule has 0 aromatic heterocycles. The Bertz CT molecular complexity index is 1060. The third kappa shape index (κ3) is 3.87. The maximum Gasteiger partial charge on any atom is 0.257 e. The topological polar surface area (TPSA) is 29.1 Å². The van der Waals surface area contributed by atoms with Crippen LogP contribution in [0.15, 0.2) is 71.6 Å². The number of benzene rings is 3. The van der Waals surface area contributed by atoms with E-state index in [1.54, 1.807) is 17.8 Å². The van der Waals surface area contributed by atoms with Gasteiger partial charge in [0, 0.05) is 10.6 Å². The van der Waals surface area contributed by atoms with Gasteiger partial charge < -0.3 is 5.32 Å². The number of aryl methyl sites for hydroxylation is 1. The number of fused-ring (bicyclic) bond motifs is 1. The predicted octanol–water partition coefficient (Wildman–Crippen LogP) is 6.94. The summed E-state index contributed by atoms with van der Waals surface area (Å²) in [5, 5.41) is 3.40. The molecule has 1 aliphatic rings. The largest absolute Gasteiger partial charge is 0.322 e. The SMILES string of the molecule is CSc1ccc(Cl)c(C(=O)Nc2ccc(-c3cccc4c3C=CCC4)cc2)c1. The van der Waals surface area contributed by atoms with Crippen LogP contribution in [0.1, 0.15) is 27.9 Å². The molecule has 4 heteroatoms. The lowest BCUT2D eigenvalue weighted by molar-refractivity contribution is 0.102. The van der Waals surface area contributed by atoms with Crippen molar-refractivity contribution in [3.63, 3.8) is 0 Å². The third-order valence-electron chi connectivity index (χ3n) is 4.93. The molecule has 0 heterocycles. The maximum atomic E-state index is 12.6. The number of thioether (sulfide) groups is 1. The number of rotatable bonds is 4. The Morgan fingerprint density at radius 2 is 1.89 bits per heavy atom. The van der Waals surface area contributed by atoms with E-state index in [4.69, 9.17) is 11.6 Å². The zero-order valence-corrected chi connectivity index (χ0v) is 17.1. The summed E-state index contributed by atoms with van der Waals surface area (Å²) in [6, 6.07) is 19.9. The molecule has 4 rings (SSSR count). The summed E-state index contributed by atoms with van der Waals surface area (Å²) in [5.41, 5.74) is 6.29. The van der Waals surface area contributed by atoms with Crippen LogP contribution < -0.4 is 5.32 Å². The summed E-state index contributed by atoms with van der Waals surface area (Å²) in [5.74, 6) is -0.200. The lowest BCUT2D eigenvalue weighted by Gasteiger charge is -2.15. The highest BCUT2D eigenvalue weighted by atomic mass is 35.5. The second-order valence-electron chi connectivity index (χ2n) is 6.70. The fourth-order valence-electron chi connectivity index (χ4n) is 3.46. The van der Waals surface area contributed by atoms with Gasteiger partial charge in [0.15, 0.2) is 0 Å². The molecule has 1 N–H and O–H groups in total. The van der Waals surface area contributed by atoms with Gasteiger partial charge in [-0.25, -0.2) is 0 Å². The number of anilines is 1. The van der Waals surface area contributed by atoms with Crippen LogP contribution in [0.25, 0.3) is 17.2 Å². The molecule has 0 fully saturated rings. The van der Waals surface area contributed by atoms with E-state index < -0.39 is 0 Å². The first kappa shape index (κ1) is 18.9. The van der Waals surface area contributed by atoms with Crippen LogP contribution >= 0.6 is 23.4 Å². The molecule has 1 aliphatic carbocycles. The van der Waals surface area contributed by atoms with Crippen LogP contribution in [0.5, 0.6) is 0 Å². The summed E-state index contributed by atoms with van der Waals surface area (Å²) in [7, 11) is 0. The summed E-state index contributed by atoms with van der Waals surface area (Å²) in [6.45, 7) is 0. The number of carbonyl (C=O) groups excluding carboxylic acids is 1. The first-order chi connectivity index (χ1) is 13.7. The van der Waals surface area contributed by atoms with Crippen molar-refractivity contribution in [1.82, 2.24) is 0 Å². The second kappa shape index (κ2) is 8.26. The Labute approximate surface area is 174 Å². The Kier molecular flexibility index (Phi) is 5.56. The van der Waals surface area contributed by atoms with Crippen molar-refractivity contribution in [3.8, 4) is 11.1 Å². The van der Waals surface area contributed by atoms with E-state index in [0.717, 1.165) is 29.0 Å². The predicted molar refractivity (Wildman–Crippen MR) is 120 cm³/mol. The Balaban J connectivity index is 1.57. The zero-order valence-electron chi connectivity index (χ0n) is 15.5. The average molecular weight is 406 g/mol. The number of nitrogens with one attached hydrogen (secondary N) is 1. The van der Waals surface area contributed by atoms with Gasteiger partial charge in [-0.15, -0.1) is 11.8 Å². The van der Waals surface area contributed by atoms with Gasteiger partial charge in [-0.05, 0) is 71.7 Å². The molecule has 0 atom stereocenters. The molecule has 2 nitrogen and oxygen atoms in total. The molecule has 1 amide bonds. The number of allylic oxidation sites excluding steroid dienone is 1. The number of carbonyl (C=O) groups is 1. The lowest BCUT2D eigenvalue weighted by Crippen LogP contribution is -2.12. The van der Waals surface area contributed by atoms with Crippen LogP contribution in [-0.4, -0.2) is 12.2 Å². The molecule has 140 valence electrons. The van der Waals surface area contributed by atoms with Gasteiger partial charge in [0.1, 0.15) is 0 Å². The van der Waals surface area contributed by atoms with Gasteiger partial charge in [-0.3, -0.25) is 4.79 Å². The van der Waals surface area contributed by atoms with E-state index in [1.807, 2.05) is 42.7 Å². The minimum atomic E-state index is -0.200. The van der Waals surface area contributed by atoms with Crippen LogP contribution in [-0.2, 0) is 6.42 Å². The van der Waals surface area contributed by atoms with Crippen molar-refractivity contribution < 1.29 is 4.79 Å². The molecular formula is C24H20ClNOS. The van der Waals surface area contributed by atoms with Crippen LogP contribution in [0, 0.1) is 0 Å². The van der Waals surface area contributed by atoms with Crippen molar-refractivity contribution in [2.24, 2.45) is 0 Å². The summed E-state index contributed by atoms with van der Waals surface area (Å²) >= 11 is 7.79. The first-order valence-corrected chi connectivity index (χ1v) is 10.8. The highest BCUT2D eigenvalue weighted by Gasteiger charge is 2.13. The van der Waals surface area contributed by atoms with Crippen molar-refractivity contribution in [2.75, 3.05) is 11.6 Å². The maximum absolute atomic E-state index is 12.6. The highest BCUT2D eigenvalue weighted by molar-refractivity contribution is 7.98. The fourth-order valence-corrected chi connectivity index (χ4v) is 4.10. The van der Waals surface area contributed by atoms with E-state index in [2.05, 4.69) is 35.7 Å². The Hall–Kier alpha value is -2.49. The van der Waals surface area contributed by atoms with E-state index in [-0.39, 0.29) is 5.91 Å². The number of amides is 1. The van der Waals surface area contributed by atoms with Gasteiger partial charge in [-0.1, -0.05) is 54.1 Å². The number of hydrogen-bond donors (Lipinski definition) is 1. The quantitative estimate of drug-likeness (QED) is 0.476. The average Bonchev–Trinajstić information content (AvgIpc) is 2.74. The van der Waals surface area contributed by atoms with Crippen LogP contribution in [0.2, 0.25) is 5.02 Å². The molecule has 0 saturated heterocycles. The standard InChI is InChI=1S/C24H20ClNOS/c1-28-19-13-14-23(25)22(15-19)24(27)26-18-11-9-17(10-12-18)21-8-4-6-16-5-2-3-7-20(16)21/h3-4,6-15H,2,5H2,1H3,(H,26,27). The van der Waals surface area contributed by atoms with Gasteiger partial charge in [-0.2, -0.15) is 0 Å². The van der Waals surface area contributed by atoms with Crippen LogP contribution in [0.4, 0.5) is 5.69 Å². The molecule has 3 aromatic rings. The smallest absolute Gasteiger partial charge is 0.257 e. The normalized spacial score (nSPS) is 12.5.